The van der Waals surface area contributed by atoms with Crippen LogP contribution >= 0.6 is 11.6 Å². The average Bonchev–Trinajstić information content (AvgIpc) is 3.10. The first-order valence-corrected chi connectivity index (χ1v) is 6.69. The molecule has 0 saturated carbocycles. The molecule has 0 aliphatic carbocycles. The molecule has 0 unspecified atom stereocenters. The number of furan rings is 1. The number of aromatic amines is 1. The van der Waals surface area contributed by atoms with Gasteiger partial charge in [0.05, 0.1) is 0 Å². The molecule has 0 radical (unpaired) electrons. The number of halogens is 1. The Bertz CT molecular complexity index is 774. The highest BCUT2D eigenvalue weighted by Crippen LogP contribution is 2.21. The summed E-state index contributed by atoms with van der Waals surface area (Å²) in [6.07, 6.45) is 0. The van der Waals surface area contributed by atoms with E-state index in [9.17, 15) is 4.79 Å². The van der Waals surface area contributed by atoms with Gasteiger partial charge in [0.15, 0.2) is 11.5 Å². The van der Waals surface area contributed by atoms with E-state index in [1.807, 2.05) is 19.1 Å². The van der Waals surface area contributed by atoms with Crippen molar-refractivity contribution in [2.24, 2.45) is 0 Å². The molecule has 106 valence electrons. The minimum atomic E-state index is -0.303. The molecule has 0 fully saturated rings. The number of carbonyl (C=O) groups is 1. The molecule has 3 aromatic rings. The Hall–Kier alpha value is -2.53. The van der Waals surface area contributed by atoms with E-state index in [-0.39, 0.29) is 11.6 Å². The molecule has 2 N–H and O–H groups in total. The number of nitrogens with zero attached hydrogens (tertiary/aromatic N) is 1. The second-order valence-electron chi connectivity index (χ2n) is 4.54. The van der Waals surface area contributed by atoms with Gasteiger partial charge in [-0.25, -0.2) is 0 Å². The van der Waals surface area contributed by atoms with Crippen LogP contribution < -0.4 is 5.32 Å². The normalized spacial score (nSPS) is 10.6. The molecule has 0 aliphatic rings. The Balaban J connectivity index is 1.76. The number of rotatable bonds is 3. The van der Waals surface area contributed by atoms with Crippen molar-refractivity contribution in [2.75, 3.05) is 5.32 Å². The smallest absolute Gasteiger partial charge is 0.276 e. The third kappa shape index (κ3) is 2.98. The van der Waals surface area contributed by atoms with Crippen molar-refractivity contribution in [3.05, 3.63) is 58.9 Å². The highest BCUT2D eigenvalue weighted by molar-refractivity contribution is 6.30. The van der Waals surface area contributed by atoms with Crippen LogP contribution in [0.2, 0.25) is 5.02 Å². The molecule has 5 nitrogen and oxygen atoms in total. The molecular formula is C15H12ClN3O2. The number of amides is 1. The van der Waals surface area contributed by atoms with Gasteiger partial charge in [-0.15, -0.1) is 0 Å². The second kappa shape index (κ2) is 5.46. The first-order chi connectivity index (χ1) is 10.1. The summed E-state index contributed by atoms with van der Waals surface area (Å²) in [5.41, 5.74) is 1.60. The number of hydrogen-bond donors (Lipinski definition) is 2. The molecule has 3 rings (SSSR count). The minimum absolute atomic E-state index is 0.286. The maximum atomic E-state index is 12.1. The molecule has 0 atom stereocenters. The quantitative estimate of drug-likeness (QED) is 0.771. The Morgan fingerprint density at radius 2 is 2.00 bits per heavy atom. The van der Waals surface area contributed by atoms with Gasteiger partial charge in [-0.05, 0) is 43.3 Å². The molecule has 0 saturated heterocycles. The van der Waals surface area contributed by atoms with E-state index >= 15 is 0 Å². The summed E-state index contributed by atoms with van der Waals surface area (Å²) in [6, 6.07) is 12.2. The molecule has 1 aromatic carbocycles. The first kappa shape index (κ1) is 13.5. The van der Waals surface area contributed by atoms with Crippen molar-refractivity contribution in [1.82, 2.24) is 10.2 Å². The van der Waals surface area contributed by atoms with Crippen LogP contribution in [0, 0.1) is 6.92 Å². The van der Waals surface area contributed by atoms with Gasteiger partial charge in [0.1, 0.15) is 11.5 Å². The summed E-state index contributed by atoms with van der Waals surface area (Å²) in [6.45, 7) is 1.86. The van der Waals surface area contributed by atoms with Crippen LogP contribution in [0.5, 0.6) is 0 Å². The summed E-state index contributed by atoms with van der Waals surface area (Å²) >= 11 is 5.80. The van der Waals surface area contributed by atoms with Crippen LogP contribution in [0.25, 0.3) is 11.5 Å². The Kier molecular flexibility index (Phi) is 3.50. The number of hydrogen-bond acceptors (Lipinski definition) is 3. The lowest BCUT2D eigenvalue weighted by Gasteiger charge is -2.02. The molecule has 6 heteroatoms. The molecule has 1 amide bonds. The number of benzene rings is 1. The lowest BCUT2D eigenvalue weighted by molar-refractivity contribution is 0.102. The van der Waals surface area contributed by atoms with Crippen molar-refractivity contribution in [3.8, 4) is 11.5 Å². The standard InChI is InChI=1S/C15H12ClN3O2/c1-9-2-7-14(21-9)12-8-13(19-18-12)15(20)17-11-5-3-10(16)4-6-11/h2-8H,1H3,(H,17,20)(H,18,19). The zero-order chi connectivity index (χ0) is 14.8. The molecule has 0 bridgehead atoms. The van der Waals surface area contributed by atoms with Crippen LogP contribution in [0.1, 0.15) is 16.2 Å². The molecule has 2 aromatic heterocycles. The van der Waals surface area contributed by atoms with E-state index in [4.69, 9.17) is 16.0 Å². The number of H-pyrrole nitrogens is 1. The van der Waals surface area contributed by atoms with E-state index in [2.05, 4.69) is 15.5 Å². The van der Waals surface area contributed by atoms with Gasteiger partial charge in [-0.3, -0.25) is 9.89 Å². The number of nitrogens with one attached hydrogen (secondary N) is 2. The molecular weight excluding hydrogens is 290 g/mol. The number of aromatic nitrogens is 2. The van der Waals surface area contributed by atoms with Crippen molar-refractivity contribution >= 4 is 23.2 Å². The maximum absolute atomic E-state index is 12.1. The average molecular weight is 302 g/mol. The number of anilines is 1. The van der Waals surface area contributed by atoms with Gasteiger partial charge in [0, 0.05) is 16.8 Å². The molecule has 21 heavy (non-hydrogen) atoms. The minimum Gasteiger partial charge on any atom is -0.460 e. The van der Waals surface area contributed by atoms with Gasteiger partial charge >= 0.3 is 0 Å². The predicted molar refractivity (Wildman–Crippen MR) is 80.4 cm³/mol. The van der Waals surface area contributed by atoms with E-state index < -0.39 is 0 Å². The zero-order valence-electron chi connectivity index (χ0n) is 11.2. The fraction of sp³-hybridized carbons (Fsp3) is 0.0667. The SMILES string of the molecule is Cc1ccc(-c2cc(C(=O)Nc3ccc(Cl)cc3)n[nH]2)o1. The van der Waals surface area contributed by atoms with Gasteiger partial charge in [-0.1, -0.05) is 11.6 Å². The maximum Gasteiger partial charge on any atom is 0.276 e. The zero-order valence-corrected chi connectivity index (χ0v) is 11.9. The van der Waals surface area contributed by atoms with Crippen LogP contribution in [-0.2, 0) is 0 Å². The highest BCUT2D eigenvalue weighted by Gasteiger charge is 2.13. The van der Waals surface area contributed by atoms with Crippen molar-refractivity contribution in [3.63, 3.8) is 0 Å². The summed E-state index contributed by atoms with van der Waals surface area (Å²) in [5, 5.41) is 10.1. The number of carbonyl (C=O) groups excluding carboxylic acids is 1. The summed E-state index contributed by atoms with van der Waals surface area (Å²) < 4.78 is 5.48. The molecule has 0 aliphatic heterocycles. The third-order valence-electron chi connectivity index (χ3n) is 2.92. The van der Waals surface area contributed by atoms with Crippen molar-refractivity contribution < 1.29 is 9.21 Å². The lowest BCUT2D eigenvalue weighted by atomic mass is 10.2. The largest absolute Gasteiger partial charge is 0.460 e. The lowest BCUT2D eigenvalue weighted by Crippen LogP contribution is -2.12. The summed E-state index contributed by atoms with van der Waals surface area (Å²) in [7, 11) is 0. The summed E-state index contributed by atoms with van der Waals surface area (Å²) in [5.74, 6) is 1.14. The summed E-state index contributed by atoms with van der Waals surface area (Å²) in [4.78, 5) is 12.1. The van der Waals surface area contributed by atoms with Crippen molar-refractivity contribution in [2.45, 2.75) is 6.92 Å². The fourth-order valence-corrected chi connectivity index (χ4v) is 2.00. The van der Waals surface area contributed by atoms with Crippen LogP contribution in [-0.4, -0.2) is 16.1 Å². The molecule has 0 spiro atoms. The van der Waals surface area contributed by atoms with Gasteiger partial charge in [0.2, 0.25) is 0 Å². The van der Waals surface area contributed by atoms with E-state index in [1.165, 1.54) is 0 Å². The Labute approximate surface area is 125 Å². The van der Waals surface area contributed by atoms with E-state index in [1.54, 1.807) is 30.3 Å². The van der Waals surface area contributed by atoms with Crippen LogP contribution in [0.15, 0.2) is 46.9 Å². The highest BCUT2D eigenvalue weighted by atomic mass is 35.5. The van der Waals surface area contributed by atoms with Gasteiger partial charge in [0.25, 0.3) is 5.91 Å². The van der Waals surface area contributed by atoms with E-state index in [0.717, 1.165) is 5.76 Å². The Morgan fingerprint density at radius 1 is 1.24 bits per heavy atom. The fourth-order valence-electron chi connectivity index (χ4n) is 1.87. The molecule has 2 heterocycles. The monoisotopic (exact) mass is 301 g/mol. The third-order valence-corrected chi connectivity index (χ3v) is 3.17. The van der Waals surface area contributed by atoms with Gasteiger partial charge in [-0.2, -0.15) is 5.10 Å². The van der Waals surface area contributed by atoms with Crippen LogP contribution in [0.3, 0.4) is 0 Å². The number of aryl methyl sites for hydroxylation is 1. The second-order valence-corrected chi connectivity index (χ2v) is 4.97. The first-order valence-electron chi connectivity index (χ1n) is 6.31. The topological polar surface area (TPSA) is 70.9 Å². The van der Waals surface area contributed by atoms with Crippen LogP contribution in [0.4, 0.5) is 5.69 Å². The predicted octanol–water partition coefficient (Wildman–Crippen LogP) is 3.88. The van der Waals surface area contributed by atoms with E-state index in [0.29, 0.717) is 22.2 Å². The van der Waals surface area contributed by atoms with Gasteiger partial charge < -0.3 is 9.73 Å². The van der Waals surface area contributed by atoms with Crippen molar-refractivity contribution in [1.29, 1.82) is 0 Å². The Morgan fingerprint density at radius 3 is 2.67 bits per heavy atom.